The van der Waals surface area contributed by atoms with Crippen molar-refractivity contribution < 1.29 is 4.39 Å². The van der Waals surface area contributed by atoms with Gasteiger partial charge in [0, 0.05) is 29.2 Å². The molecule has 0 aliphatic carbocycles. The number of benzene rings is 2. The van der Waals surface area contributed by atoms with Gasteiger partial charge in [-0.15, -0.1) is 0 Å². The van der Waals surface area contributed by atoms with Crippen LogP contribution in [0.4, 0.5) is 4.39 Å². The van der Waals surface area contributed by atoms with Gasteiger partial charge in [0.2, 0.25) is 0 Å². The SMILES string of the molecule is Cc1nn(-c2cccc(Cl)c2)c(Cl)c1CNCc1ccccc1F. The van der Waals surface area contributed by atoms with Crippen LogP contribution in [0.5, 0.6) is 0 Å². The second-order valence-electron chi connectivity index (χ2n) is 5.44. The highest BCUT2D eigenvalue weighted by Gasteiger charge is 2.14. The third kappa shape index (κ3) is 3.61. The van der Waals surface area contributed by atoms with E-state index in [1.54, 1.807) is 28.9 Å². The van der Waals surface area contributed by atoms with Crippen LogP contribution in [0.25, 0.3) is 5.69 Å². The smallest absolute Gasteiger partial charge is 0.137 e. The molecule has 0 radical (unpaired) electrons. The fraction of sp³-hybridized carbons (Fsp3) is 0.167. The maximum absolute atomic E-state index is 13.6. The zero-order chi connectivity index (χ0) is 17.1. The molecule has 3 nitrogen and oxygen atoms in total. The molecule has 1 aromatic heterocycles. The third-order valence-electron chi connectivity index (χ3n) is 3.75. The minimum Gasteiger partial charge on any atom is -0.308 e. The molecular weight excluding hydrogens is 348 g/mol. The van der Waals surface area contributed by atoms with Crippen molar-refractivity contribution >= 4 is 23.2 Å². The molecule has 3 aromatic rings. The number of rotatable bonds is 5. The van der Waals surface area contributed by atoms with Crippen LogP contribution in [0.15, 0.2) is 48.5 Å². The van der Waals surface area contributed by atoms with E-state index in [9.17, 15) is 4.39 Å². The summed E-state index contributed by atoms with van der Waals surface area (Å²) in [5, 5.41) is 8.83. The van der Waals surface area contributed by atoms with E-state index in [0.717, 1.165) is 16.9 Å². The predicted octanol–water partition coefficient (Wildman–Crippen LogP) is 4.92. The van der Waals surface area contributed by atoms with Gasteiger partial charge in [-0.2, -0.15) is 5.10 Å². The highest BCUT2D eigenvalue weighted by atomic mass is 35.5. The normalized spacial score (nSPS) is 11.0. The Morgan fingerprint density at radius 3 is 2.62 bits per heavy atom. The Bertz CT molecular complexity index is 861. The van der Waals surface area contributed by atoms with Crippen LogP contribution in [0.2, 0.25) is 10.2 Å². The van der Waals surface area contributed by atoms with E-state index in [1.165, 1.54) is 6.07 Å². The lowest BCUT2D eigenvalue weighted by Gasteiger charge is -2.07. The Kier molecular flexibility index (Phi) is 5.19. The molecule has 0 saturated heterocycles. The van der Waals surface area contributed by atoms with E-state index in [-0.39, 0.29) is 5.82 Å². The summed E-state index contributed by atoms with van der Waals surface area (Å²) in [5.74, 6) is -0.220. The molecule has 0 fully saturated rings. The van der Waals surface area contributed by atoms with Crippen molar-refractivity contribution in [1.29, 1.82) is 0 Å². The standard InChI is InChI=1S/C18H16Cl2FN3/c1-12-16(11-22-10-13-5-2-3-8-17(13)21)18(20)24(23-12)15-7-4-6-14(19)9-15/h2-9,22H,10-11H2,1H3. The summed E-state index contributed by atoms with van der Waals surface area (Å²) in [5.41, 5.74) is 3.12. The first-order valence-corrected chi connectivity index (χ1v) is 8.26. The topological polar surface area (TPSA) is 29.9 Å². The van der Waals surface area contributed by atoms with Crippen molar-refractivity contribution in [3.05, 3.63) is 81.3 Å². The molecule has 0 atom stereocenters. The first-order chi connectivity index (χ1) is 11.6. The number of halogens is 3. The fourth-order valence-corrected chi connectivity index (χ4v) is 3.00. The molecule has 0 aliphatic heterocycles. The van der Waals surface area contributed by atoms with E-state index in [2.05, 4.69) is 10.4 Å². The van der Waals surface area contributed by atoms with Gasteiger partial charge in [0.25, 0.3) is 0 Å². The van der Waals surface area contributed by atoms with Crippen molar-refractivity contribution in [3.8, 4) is 5.69 Å². The molecular formula is C18H16Cl2FN3. The number of hydrogen-bond acceptors (Lipinski definition) is 2. The number of hydrogen-bond donors (Lipinski definition) is 1. The maximum atomic E-state index is 13.6. The van der Waals surface area contributed by atoms with Crippen LogP contribution in [0, 0.1) is 12.7 Å². The Hall–Kier alpha value is -1.88. The van der Waals surface area contributed by atoms with Crippen molar-refractivity contribution in [2.24, 2.45) is 0 Å². The Labute approximate surface area is 150 Å². The molecule has 0 spiro atoms. The van der Waals surface area contributed by atoms with Gasteiger partial charge in [-0.1, -0.05) is 47.5 Å². The zero-order valence-corrected chi connectivity index (χ0v) is 14.6. The highest BCUT2D eigenvalue weighted by molar-refractivity contribution is 6.31. The first-order valence-electron chi connectivity index (χ1n) is 7.50. The Morgan fingerprint density at radius 1 is 1.08 bits per heavy atom. The summed E-state index contributed by atoms with van der Waals surface area (Å²) in [7, 11) is 0. The van der Waals surface area contributed by atoms with E-state index in [4.69, 9.17) is 23.2 Å². The van der Waals surface area contributed by atoms with Gasteiger partial charge < -0.3 is 5.32 Å². The highest BCUT2D eigenvalue weighted by Crippen LogP contribution is 2.25. The lowest BCUT2D eigenvalue weighted by molar-refractivity contribution is 0.587. The molecule has 3 rings (SSSR count). The number of nitrogens with one attached hydrogen (secondary N) is 1. The van der Waals surface area contributed by atoms with Crippen molar-refractivity contribution in [2.45, 2.75) is 20.0 Å². The number of aryl methyl sites for hydroxylation is 1. The second-order valence-corrected chi connectivity index (χ2v) is 6.24. The van der Waals surface area contributed by atoms with Crippen LogP contribution in [0.1, 0.15) is 16.8 Å². The minimum atomic E-state index is -0.220. The summed E-state index contributed by atoms with van der Waals surface area (Å²) in [6, 6.07) is 14.0. The summed E-state index contributed by atoms with van der Waals surface area (Å²) in [6.45, 7) is 2.82. The van der Waals surface area contributed by atoms with Gasteiger partial charge in [0.1, 0.15) is 11.0 Å². The molecule has 0 saturated carbocycles. The third-order valence-corrected chi connectivity index (χ3v) is 4.37. The predicted molar refractivity (Wildman–Crippen MR) is 95.3 cm³/mol. The van der Waals surface area contributed by atoms with Gasteiger partial charge in [-0.3, -0.25) is 0 Å². The van der Waals surface area contributed by atoms with Crippen molar-refractivity contribution in [1.82, 2.24) is 15.1 Å². The summed E-state index contributed by atoms with van der Waals surface area (Å²) < 4.78 is 15.3. The van der Waals surface area contributed by atoms with Crippen LogP contribution >= 0.6 is 23.2 Å². The Balaban J connectivity index is 1.76. The zero-order valence-electron chi connectivity index (χ0n) is 13.1. The average Bonchev–Trinajstić information content (AvgIpc) is 2.84. The van der Waals surface area contributed by atoms with E-state index >= 15 is 0 Å². The van der Waals surface area contributed by atoms with Crippen LogP contribution in [-0.2, 0) is 13.1 Å². The maximum Gasteiger partial charge on any atom is 0.137 e. The molecule has 0 aliphatic rings. The summed E-state index contributed by atoms with van der Waals surface area (Å²) >= 11 is 12.5. The number of aromatic nitrogens is 2. The van der Waals surface area contributed by atoms with Gasteiger partial charge in [0.15, 0.2) is 0 Å². The van der Waals surface area contributed by atoms with Gasteiger partial charge >= 0.3 is 0 Å². The monoisotopic (exact) mass is 363 g/mol. The van der Waals surface area contributed by atoms with Crippen LogP contribution in [-0.4, -0.2) is 9.78 Å². The van der Waals surface area contributed by atoms with E-state index in [0.29, 0.717) is 28.8 Å². The fourth-order valence-electron chi connectivity index (χ4n) is 2.48. The molecule has 0 unspecified atom stereocenters. The lowest BCUT2D eigenvalue weighted by Crippen LogP contribution is -2.14. The van der Waals surface area contributed by atoms with Gasteiger partial charge in [-0.05, 0) is 31.2 Å². The largest absolute Gasteiger partial charge is 0.308 e. The van der Waals surface area contributed by atoms with E-state index < -0.39 is 0 Å². The minimum absolute atomic E-state index is 0.220. The quantitative estimate of drug-likeness (QED) is 0.697. The van der Waals surface area contributed by atoms with Gasteiger partial charge in [0.05, 0.1) is 11.4 Å². The molecule has 1 heterocycles. The summed E-state index contributed by atoms with van der Waals surface area (Å²) in [4.78, 5) is 0. The molecule has 124 valence electrons. The summed E-state index contributed by atoms with van der Waals surface area (Å²) in [6.07, 6.45) is 0. The van der Waals surface area contributed by atoms with Crippen molar-refractivity contribution in [3.63, 3.8) is 0 Å². The number of nitrogens with zero attached hydrogens (tertiary/aromatic N) is 2. The lowest BCUT2D eigenvalue weighted by atomic mass is 10.2. The van der Waals surface area contributed by atoms with Crippen LogP contribution < -0.4 is 5.32 Å². The van der Waals surface area contributed by atoms with E-state index in [1.807, 2.05) is 25.1 Å². The van der Waals surface area contributed by atoms with Crippen molar-refractivity contribution in [2.75, 3.05) is 0 Å². The molecule has 1 N–H and O–H groups in total. The molecule has 0 bridgehead atoms. The van der Waals surface area contributed by atoms with Crippen LogP contribution in [0.3, 0.4) is 0 Å². The first kappa shape index (κ1) is 17.0. The molecule has 2 aromatic carbocycles. The molecule has 0 amide bonds. The Morgan fingerprint density at radius 2 is 1.88 bits per heavy atom. The molecule has 6 heteroatoms. The second kappa shape index (κ2) is 7.34. The molecule has 24 heavy (non-hydrogen) atoms. The van der Waals surface area contributed by atoms with Gasteiger partial charge in [-0.25, -0.2) is 9.07 Å². The average molecular weight is 364 g/mol.